The molecule has 0 aliphatic carbocycles. The minimum absolute atomic E-state index is 0.00396. The zero-order chi connectivity index (χ0) is 21.5. The molecule has 2 aliphatic heterocycles. The number of fused-ring (bicyclic) bond motifs is 2. The molecule has 3 aromatic rings. The fourth-order valence-corrected chi connectivity index (χ4v) is 4.71. The molecule has 1 fully saturated rings. The molecular weight excluding hydrogens is 392 g/mol. The smallest absolute Gasteiger partial charge is 0.268 e. The third-order valence-electron chi connectivity index (χ3n) is 6.31. The number of piperidine rings is 1. The van der Waals surface area contributed by atoms with Gasteiger partial charge in [-0.2, -0.15) is 0 Å². The van der Waals surface area contributed by atoms with Crippen LogP contribution in [0.1, 0.15) is 38.1 Å². The second-order valence-corrected chi connectivity index (χ2v) is 8.27. The van der Waals surface area contributed by atoms with Crippen LogP contribution in [0.3, 0.4) is 0 Å². The van der Waals surface area contributed by atoms with E-state index in [0.29, 0.717) is 18.0 Å². The normalized spacial score (nSPS) is 21.2. The number of rotatable bonds is 3. The molecule has 1 aromatic heterocycles. The molecule has 0 radical (unpaired) electrons. The molecule has 2 atom stereocenters. The second kappa shape index (κ2) is 7.72. The Balaban J connectivity index is 1.45. The largest absolute Gasteiger partial charge is 0.479 e. The molecule has 0 unspecified atom stereocenters. The van der Waals surface area contributed by atoms with Crippen molar-refractivity contribution in [2.75, 3.05) is 18.0 Å². The van der Waals surface area contributed by atoms with Crippen molar-refractivity contribution in [2.24, 2.45) is 7.05 Å². The van der Waals surface area contributed by atoms with Crippen molar-refractivity contribution in [2.45, 2.75) is 38.3 Å². The number of aryl methyl sites for hydroxylation is 1. The van der Waals surface area contributed by atoms with Crippen LogP contribution in [0.15, 0.2) is 48.5 Å². The van der Waals surface area contributed by atoms with Gasteiger partial charge in [-0.3, -0.25) is 14.5 Å². The molecule has 0 bridgehead atoms. The average molecular weight is 418 g/mol. The summed E-state index contributed by atoms with van der Waals surface area (Å²) in [6.45, 7) is 2.39. The van der Waals surface area contributed by atoms with E-state index in [-0.39, 0.29) is 24.4 Å². The van der Waals surface area contributed by atoms with Crippen LogP contribution in [0.5, 0.6) is 5.75 Å². The molecule has 160 valence electrons. The Morgan fingerprint density at radius 3 is 2.74 bits per heavy atom. The summed E-state index contributed by atoms with van der Waals surface area (Å²) < 4.78 is 7.80. The molecule has 1 saturated heterocycles. The zero-order valence-electron chi connectivity index (χ0n) is 17.8. The van der Waals surface area contributed by atoms with Crippen LogP contribution in [-0.2, 0) is 16.6 Å². The van der Waals surface area contributed by atoms with Crippen LogP contribution in [0.2, 0.25) is 0 Å². The summed E-state index contributed by atoms with van der Waals surface area (Å²) in [4.78, 5) is 34.6. The van der Waals surface area contributed by atoms with Gasteiger partial charge in [-0.05, 0) is 50.5 Å². The molecule has 2 aliphatic rings. The van der Waals surface area contributed by atoms with Gasteiger partial charge in [0, 0.05) is 13.6 Å². The number of hydrogen-bond acceptors (Lipinski definition) is 4. The first kappa shape index (κ1) is 19.6. The Bertz CT molecular complexity index is 1150. The first-order chi connectivity index (χ1) is 15.0. The lowest BCUT2D eigenvalue weighted by Gasteiger charge is -2.38. The van der Waals surface area contributed by atoms with Crippen LogP contribution in [-0.4, -0.2) is 45.5 Å². The van der Waals surface area contributed by atoms with Gasteiger partial charge in [0.05, 0.1) is 22.8 Å². The van der Waals surface area contributed by atoms with E-state index in [9.17, 15) is 9.59 Å². The Kier molecular flexibility index (Phi) is 4.88. The third-order valence-corrected chi connectivity index (χ3v) is 6.31. The number of imidazole rings is 1. The zero-order valence-corrected chi connectivity index (χ0v) is 17.8. The topological polar surface area (TPSA) is 67.7 Å². The number of hydrogen-bond donors (Lipinski definition) is 0. The highest BCUT2D eigenvalue weighted by Crippen LogP contribution is 2.35. The number of carbonyl (C=O) groups is 2. The molecule has 0 spiro atoms. The summed E-state index contributed by atoms with van der Waals surface area (Å²) in [7, 11) is 2.01. The second-order valence-electron chi connectivity index (χ2n) is 8.27. The van der Waals surface area contributed by atoms with Crippen molar-refractivity contribution in [3.05, 3.63) is 54.4 Å². The number of benzene rings is 2. The summed E-state index contributed by atoms with van der Waals surface area (Å²) in [5, 5.41) is 0. The van der Waals surface area contributed by atoms with E-state index in [1.54, 1.807) is 11.8 Å². The van der Waals surface area contributed by atoms with E-state index in [0.717, 1.165) is 36.1 Å². The fourth-order valence-electron chi connectivity index (χ4n) is 4.71. The van der Waals surface area contributed by atoms with Gasteiger partial charge >= 0.3 is 0 Å². The monoisotopic (exact) mass is 418 g/mol. The molecule has 2 aromatic carbocycles. The van der Waals surface area contributed by atoms with Gasteiger partial charge in [0.2, 0.25) is 5.91 Å². The first-order valence-electron chi connectivity index (χ1n) is 10.8. The summed E-state index contributed by atoms with van der Waals surface area (Å²) in [6.07, 6.45) is 2.26. The SMILES string of the molecule is C[C@H]1Oc2ccccc2N(CC(=O)N2CCCC[C@H]2c2nc3ccccc3n2C)C1=O. The molecular formula is C24H26N4O3. The highest BCUT2D eigenvalue weighted by Gasteiger charge is 2.36. The number of para-hydroxylation sites is 4. The van der Waals surface area contributed by atoms with Crippen LogP contribution in [0, 0.1) is 0 Å². The van der Waals surface area contributed by atoms with Crippen molar-refractivity contribution < 1.29 is 14.3 Å². The minimum atomic E-state index is -0.611. The predicted octanol–water partition coefficient (Wildman–Crippen LogP) is 3.44. The van der Waals surface area contributed by atoms with E-state index in [1.165, 1.54) is 0 Å². The fraction of sp³-hybridized carbons (Fsp3) is 0.375. The Hall–Kier alpha value is -3.35. The van der Waals surface area contributed by atoms with Crippen molar-refractivity contribution in [3.63, 3.8) is 0 Å². The maximum atomic E-state index is 13.5. The molecule has 5 rings (SSSR count). The lowest BCUT2D eigenvalue weighted by molar-refractivity contribution is -0.136. The number of anilines is 1. The third kappa shape index (κ3) is 3.34. The summed E-state index contributed by atoms with van der Waals surface area (Å²) in [6, 6.07) is 15.3. The minimum Gasteiger partial charge on any atom is -0.479 e. The predicted molar refractivity (Wildman–Crippen MR) is 118 cm³/mol. The number of carbonyl (C=O) groups excluding carboxylic acids is 2. The Labute approximate surface area is 181 Å². The Morgan fingerprint density at radius 2 is 1.90 bits per heavy atom. The molecule has 7 nitrogen and oxygen atoms in total. The van der Waals surface area contributed by atoms with E-state index < -0.39 is 6.10 Å². The summed E-state index contributed by atoms with van der Waals surface area (Å²) >= 11 is 0. The number of ether oxygens (including phenoxy) is 1. The summed E-state index contributed by atoms with van der Waals surface area (Å²) in [5.41, 5.74) is 2.64. The number of aromatic nitrogens is 2. The van der Waals surface area contributed by atoms with E-state index in [2.05, 4.69) is 4.57 Å². The van der Waals surface area contributed by atoms with Gasteiger partial charge in [0.25, 0.3) is 5.91 Å². The van der Waals surface area contributed by atoms with Crippen molar-refractivity contribution in [1.82, 2.24) is 14.5 Å². The molecule has 0 N–H and O–H groups in total. The van der Waals surface area contributed by atoms with Crippen molar-refractivity contribution in [3.8, 4) is 5.75 Å². The Morgan fingerprint density at radius 1 is 1.13 bits per heavy atom. The van der Waals surface area contributed by atoms with E-state index in [1.807, 2.05) is 60.5 Å². The van der Waals surface area contributed by atoms with Gasteiger partial charge in [-0.1, -0.05) is 24.3 Å². The number of amides is 2. The van der Waals surface area contributed by atoms with Gasteiger partial charge in [0.15, 0.2) is 6.10 Å². The van der Waals surface area contributed by atoms with Crippen LogP contribution >= 0.6 is 0 Å². The van der Waals surface area contributed by atoms with Gasteiger partial charge in [-0.25, -0.2) is 4.98 Å². The average Bonchev–Trinajstić information content (AvgIpc) is 3.13. The number of nitrogens with zero attached hydrogens (tertiary/aromatic N) is 4. The van der Waals surface area contributed by atoms with E-state index in [4.69, 9.17) is 9.72 Å². The first-order valence-corrected chi connectivity index (χ1v) is 10.8. The van der Waals surface area contributed by atoms with Crippen LogP contribution in [0.25, 0.3) is 11.0 Å². The molecule has 31 heavy (non-hydrogen) atoms. The molecule has 2 amide bonds. The lowest BCUT2D eigenvalue weighted by atomic mass is 10.0. The molecule has 0 saturated carbocycles. The van der Waals surface area contributed by atoms with Gasteiger partial charge < -0.3 is 14.2 Å². The van der Waals surface area contributed by atoms with Crippen molar-refractivity contribution >= 4 is 28.5 Å². The molecule has 3 heterocycles. The highest BCUT2D eigenvalue weighted by atomic mass is 16.5. The summed E-state index contributed by atoms with van der Waals surface area (Å²) in [5.74, 6) is 1.28. The van der Waals surface area contributed by atoms with Crippen LogP contribution in [0.4, 0.5) is 5.69 Å². The number of likely N-dealkylation sites (tertiary alicyclic amines) is 1. The van der Waals surface area contributed by atoms with Gasteiger partial charge in [0.1, 0.15) is 18.1 Å². The van der Waals surface area contributed by atoms with Gasteiger partial charge in [-0.15, -0.1) is 0 Å². The van der Waals surface area contributed by atoms with E-state index >= 15 is 0 Å². The standard InChI is InChI=1S/C24H26N4O3/c1-16-24(30)28(19-11-5-6-13-21(19)31-16)15-22(29)27-14-8-7-12-20(27)23-25-17-9-3-4-10-18(17)26(23)2/h3-6,9-11,13,16,20H,7-8,12,14-15H2,1-2H3/t16-,20+/m1/s1. The van der Waals surface area contributed by atoms with Crippen LogP contribution < -0.4 is 9.64 Å². The highest BCUT2D eigenvalue weighted by molar-refractivity contribution is 6.03. The lowest BCUT2D eigenvalue weighted by Crippen LogP contribution is -2.51. The van der Waals surface area contributed by atoms with Crippen molar-refractivity contribution in [1.29, 1.82) is 0 Å². The quantitative estimate of drug-likeness (QED) is 0.654. The molecule has 7 heteroatoms. The maximum Gasteiger partial charge on any atom is 0.268 e. The maximum absolute atomic E-state index is 13.5.